The molecule has 0 saturated carbocycles. The average molecular weight is 443 g/mol. The number of ether oxygens (including phenoxy) is 1. The summed E-state index contributed by atoms with van der Waals surface area (Å²) >= 11 is 1.61. The highest BCUT2D eigenvalue weighted by atomic mass is 32.2. The van der Waals surface area contributed by atoms with E-state index in [1.54, 1.807) is 36.0 Å². The number of thioether (sulfide) groups is 1. The molecule has 2 amide bonds. The van der Waals surface area contributed by atoms with Gasteiger partial charge in [0, 0.05) is 6.54 Å². The Labute approximate surface area is 185 Å². The normalized spacial score (nSPS) is 15.0. The van der Waals surface area contributed by atoms with Crippen molar-refractivity contribution in [1.82, 2.24) is 10.2 Å². The number of aliphatic hydroxyl groups excluding tert-OH is 1. The molecule has 8 heteroatoms. The molecule has 2 aromatic carbocycles. The summed E-state index contributed by atoms with van der Waals surface area (Å²) in [6.45, 7) is 0.0786. The quantitative estimate of drug-likeness (QED) is 0.406. The van der Waals surface area contributed by atoms with Crippen LogP contribution in [0.5, 0.6) is 0 Å². The third kappa shape index (κ3) is 5.94. The Bertz CT molecular complexity index is 886. The lowest BCUT2D eigenvalue weighted by Crippen LogP contribution is -2.46. The first kappa shape index (κ1) is 23.0. The third-order valence-electron chi connectivity index (χ3n) is 4.99. The first-order chi connectivity index (χ1) is 15.0. The molecule has 1 aliphatic rings. The summed E-state index contributed by atoms with van der Waals surface area (Å²) in [5, 5.41) is 13.5. The number of aliphatic hydroxyl groups is 1. The van der Waals surface area contributed by atoms with Gasteiger partial charge in [0.15, 0.2) is 0 Å². The molecule has 1 unspecified atom stereocenters. The minimum atomic E-state index is -1.01. The summed E-state index contributed by atoms with van der Waals surface area (Å²) in [6.07, 6.45) is 1.47. The van der Waals surface area contributed by atoms with Crippen LogP contribution in [0.1, 0.15) is 32.7 Å². The van der Waals surface area contributed by atoms with Gasteiger partial charge in [0.05, 0.1) is 23.8 Å². The van der Waals surface area contributed by atoms with E-state index in [1.807, 2.05) is 36.6 Å². The van der Waals surface area contributed by atoms with Crippen LogP contribution in [0.4, 0.5) is 0 Å². The van der Waals surface area contributed by atoms with Crippen LogP contribution in [0.15, 0.2) is 54.6 Å². The molecule has 0 spiro atoms. The predicted octanol–water partition coefficient (Wildman–Crippen LogP) is 2.10. The topological polar surface area (TPSA) is 95.9 Å². The van der Waals surface area contributed by atoms with E-state index in [4.69, 9.17) is 4.74 Å². The van der Waals surface area contributed by atoms with E-state index < -0.39 is 29.9 Å². The number of hydrogen-bond donors (Lipinski definition) is 2. The molecule has 2 atom stereocenters. The Morgan fingerprint density at radius 3 is 2.29 bits per heavy atom. The number of amides is 2. The van der Waals surface area contributed by atoms with Crippen LogP contribution in [0, 0.1) is 0 Å². The minimum Gasteiger partial charge on any atom is -0.460 e. The van der Waals surface area contributed by atoms with E-state index in [0.717, 1.165) is 16.2 Å². The minimum absolute atomic E-state index is 0.0485. The molecule has 0 aliphatic carbocycles. The molecule has 0 radical (unpaired) electrons. The molecule has 0 aromatic heterocycles. The first-order valence-corrected chi connectivity index (χ1v) is 11.5. The number of carbonyl (C=O) groups is 3. The SMILES string of the molecule is CSCC[C@@H](NCC(O)CN1C(=O)c2ccccc2C1=O)C(=O)OCc1ccccc1. The monoisotopic (exact) mass is 442 g/mol. The maximum Gasteiger partial charge on any atom is 0.323 e. The van der Waals surface area contributed by atoms with E-state index in [9.17, 15) is 19.5 Å². The van der Waals surface area contributed by atoms with Gasteiger partial charge in [-0.05, 0) is 36.1 Å². The van der Waals surface area contributed by atoms with Gasteiger partial charge in [-0.25, -0.2) is 0 Å². The number of rotatable bonds is 11. The van der Waals surface area contributed by atoms with Crippen LogP contribution >= 0.6 is 11.8 Å². The highest BCUT2D eigenvalue weighted by Crippen LogP contribution is 2.22. The lowest BCUT2D eigenvalue weighted by Gasteiger charge is -2.22. The fourth-order valence-corrected chi connectivity index (χ4v) is 3.80. The van der Waals surface area contributed by atoms with E-state index in [0.29, 0.717) is 17.5 Å². The maximum atomic E-state index is 12.5. The number of β-amino-alcohol motifs (C(OH)–C–C–N with tert-alkyl or cyclic N) is 1. The fourth-order valence-electron chi connectivity index (χ4n) is 3.33. The average Bonchev–Trinajstić information content (AvgIpc) is 3.03. The highest BCUT2D eigenvalue weighted by Gasteiger charge is 2.36. The summed E-state index contributed by atoms with van der Waals surface area (Å²) in [6, 6.07) is 15.4. The second-order valence-corrected chi connectivity index (χ2v) is 8.24. The molecule has 31 heavy (non-hydrogen) atoms. The standard InChI is InChI=1S/C23H26N2O5S/c1-31-12-11-20(23(29)30-15-16-7-3-2-4-8-16)24-13-17(26)14-25-21(27)18-9-5-6-10-19(18)22(25)28/h2-10,17,20,24,26H,11-15H2,1H3/t17?,20-/m1/s1. The van der Waals surface area contributed by atoms with Gasteiger partial charge in [0.2, 0.25) is 0 Å². The maximum absolute atomic E-state index is 12.5. The smallest absolute Gasteiger partial charge is 0.323 e. The molecule has 1 heterocycles. The van der Waals surface area contributed by atoms with Gasteiger partial charge >= 0.3 is 5.97 Å². The van der Waals surface area contributed by atoms with E-state index in [1.165, 1.54) is 0 Å². The van der Waals surface area contributed by atoms with Gasteiger partial charge in [0.1, 0.15) is 12.6 Å². The molecule has 164 valence electrons. The molecule has 2 N–H and O–H groups in total. The van der Waals surface area contributed by atoms with Crippen molar-refractivity contribution in [3.63, 3.8) is 0 Å². The zero-order chi connectivity index (χ0) is 22.2. The number of carbonyl (C=O) groups excluding carboxylic acids is 3. The van der Waals surface area contributed by atoms with E-state index in [2.05, 4.69) is 5.32 Å². The largest absolute Gasteiger partial charge is 0.460 e. The van der Waals surface area contributed by atoms with Gasteiger partial charge in [-0.3, -0.25) is 19.3 Å². The number of imide groups is 1. The Balaban J connectivity index is 1.53. The number of nitrogens with one attached hydrogen (secondary N) is 1. The number of nitrogens with zero attached hydrogens (tertiary/aromatic N) is 1. The first-order valence-electron chi connectivity index (χ1n) is 10.1. The van der Waals surface area contributed by atoms with E-state index >= 15 is 0 Å². The predicted molar refractivity (Wildman–Crippen MR) is 119 cm³/mol. The third-order valence-corrected chi connectivity index (χ3v) is 5.63. The van der Waals surface area contributed by atoms with E-state index in [-0.39, 0.29) is 19.7 Å². The molecular weight excluding hydrogens is 416 g/mol. The van der Waals surface area contributed by atoms with Gasteiger partial charge in [0.25, 0.3) is 11.8 Å². The Hall–Kier alpha value is -2.68. The van der Waals surface area contributed by atoms with Crippen molar-refractivity contribution in [2.75, 3.05) is 25.1 Å². The van der Waals surface area contributed by atoms with Gasteiger partial charge in [-0.15, -0.1) is 0 Å². The lowest BCUT2D eigenvalue weighted by molar-refractivity contribution is -0.147. The summed E-state index contributed by atoms with van der Waals surface area (Å²) in [5.41, 5.74) is 1.58. The van der Waals surface area contributed by atoms with Gasteiger partial charge in [-0.1, -0.05) is 42.5 Å². The summed E-state index contributed by atoms with van der Waals surface area (Å²) in [5.74, 6) is -0.486. The molecule has 0 fully saturated rings. The van der Waals surface area contributed by atoms with Crippen molar-refractivity contribution in [3.8, 4) is 0 Å². The summed E-state index contributed by atoms with van der Waals surface area (Å²) < 4.78 is 5.42. The summed E-state index contributed by atoms with van der Waals surface area (Å²) in [4.78, 5) is 38.5. The van der Waals surface area contributed by atoms with Crippen molar-refractivity contribution < 1.29 is 24.2 Å². The zero-order valence-corrected chi connectivity index (χ0v) is 18.1. The Kier molecular flexibility index (Phi) is 8.22. The van der Waals surface area contributed by atoms with Crippen molar-refractivity contribution in [2.24, 2.45) is 0 Å². The van der Waals surface area contributed by atoms with Crippen LogP contribution < -0.4 is 5.32 Å². The molecule has 2 aromatic rings. The molecule has 0 saturated heterocycles. The molecule has 0 bridgehead atoms. The Morgan fingerprint density at radius 1 is 1.06 bits per heavy atom. The van der Waals surface area contributed by atoms with Crippen LogP contribution in [0.2, 0.25) is 0 Å². The van der Waals surface area contributed by atoms with Crippen LogP contribution in [-0.4, -0.2) is 65.0 Å². The fraction of sp³-hybridized carbons (Fsp3) is 0.348. The van der Waals surface area contributed by atoms with Crippen LogP contribution in [-0.2, 0) is 16.1 Å². The number of fused-ring (bicyclic) bond motifs is 1. The Morgan fingerprint density at radius 2 is 1.68 bits per heavy atom. The van der Waals surface area contributed by atoms with Crippen LogP contribution in [0.25, 0.3) is 0 Å². The number of esters is 1. The summed E-state index contributed by atoms with van der Waals surface area (Å²) in [7, 11) is 0. The van der Waals surface area contributed by atoms with Crippen molar-refractivity contribution in [1.29, 1.82) is 0 Å². The zero-order valence-electron chi connectivity index (χ0n) is 17.3. The lowest BCUT2D eigenvalue weighted by atomic mass is 10.1. The molecule has 1 aliphatic heterocycles. The molecule has 3 rings (SSSR count). The molecule has 7 nitrogen and oxygen atoms in total. The highest BCUT2D eigenvalue weighted by molar-refractivity contribution is 7.98. The number of hydrogen-bond acceptors (Lipinski definition) is 7. The van der Waals surface area contributed by atoms with Crippen molar-refractivity contribution >= 4 is 29.5 Å². The van der Waals surface area contributed by atoms with Crippen molar-refractivity contribution in [3.05, 3.63) is 71.3 Å². The second-order valence-electron chi connectivity index (χ2n) is 7.26. The molecular formula is C23H26N2O5S. The number of benzene rings is 2. The van der Waals surface area contributed by atoms with Gasteiger partial charge in [-0.2, -0.15) is 11.8 Å². The van der Waals surface area contributed by atoms with Crippen LogP contribution in [0.3, 0.4) is 0 Å². The second kappa shape index (κ2) is 11.1. The van der Waals surface area contributed by atoms with Gasteiger partial charge < -0.3 is 15.2 Å². The van der Waals surface area contributed by atoms with Crippen molar-refractivity contribution in [2.45, 2.75) is 25.2 Å².